The first kappa shape index (κ1) is 21.3. The molecule has 154 valence electrons. The Morgan fingerprint density at radius 2 is 1.72 bits per heavy atom. The number of ether oxygens (including phenoxy) is 1. The van der Waals surface area contributed by atoms with Crippen molar-refractivity contribution in [2.24, 2.45) is 0 Å². The predicted octanol–water partition coefficient (Wildman–Crippen LogP) is 5.79. The third-order valence-electron chi connectivity index (χ3n) is 5.79. The lowest BCUT2D eigenvalue weighted by Crippen LogP contribution is -2.27. The van der Waals surface area contributed by atoms with E-state index in [9.17, 15) is 4.79 Å². The van der Waals surface area contributed by atoms with Crippen molar-refractivity contribution in [2.75, 3.05) is 26.2 Å². The first-order chi connectivity index (χ1) is 14.2. The summed E-state index contributed by atoms with van der Waals surface area (Å²) in [6.07, 6.45) is 4.17. The van der Waals surface area contributed by atoms with Gasteiger partial charge in [0.1, 0.15) is 12.4 Å². The smallest absolute Gasteiger partial charge is 0.193 e. The monoisotopic (exact) mass is 391 g/mol. The zero-order valence-corrected chi connectivity index (χ0v) is 18.0. The molecule has 2 aromatic carbocycles. The van der Waals surface area contributed by atoms with Crippen LogP contribution in [0.3, 0.4) is 0 Å². The van der Waals surface area contributed by atoms with Gasteiger partial charge in [0.2, 0.25) is 0 Å². The Kier molecular flexibility index (Phi) is 7.65. The molecule has 0 radical (unpaired) electrons. The summed E-state index contributed by atoms with van der Waals surface area (Å²) in [5.74, 6) is 0.955. The van der Waals surface area contributed by atoms with Crippen LogP contribution in [-0.2, 0) is 6.42 Å². The zero-order chi connectivity index (χ0) is 20.6. The van der Waals surface area contributed by atoms with Gasteiger partial charge in [0, 0.05) is 17.7 Å². The van der Waals surface area contributed by atoms with Crippen molar-refractivity contribution in [3.05, 3.63) is 70.8 Å². The van der Waals surface area contributed by atoms with Gasteiger partial charge < -0.3 is 9.64 Å². The summed E-state index contributed by atoms with van der Waals surface area (Å²) in [7, 11) is 0. The van der Waals surface area contributed by atoms with E-state index >= 15 is 0 Å². The van der Waals surface area contributed by atoms with Gasteiger partial charge in [-0.2, -0.15) is 0 Å². The van der Waals surface area contributed by atoms with Crippen molar-refractivity contribution in [2.45, 2.75) is 46.5 Å². The number of allylic oxidation sites excluding steroid dienone is 2. The maximum absolute atomic E-state index is 13.4. The summed E-state index contributed by atoms with van der Waals surface area (Å²) < 4.78 is 5.87. The average Bonchev–Trinajstić information content (AvgIpc) is 3.13. The van der Waals surface area contributed by atoms with E-state index in [1.165, 1.54) is 11.1 Å². The molecule has 0 amide bonds. The highest BCUT2D eigenvalue weighted by Crippen LogP contribution is 2.37. The number of rotatable bonds is 11. The van der Waals surface area contributed by atoms with Crippen LogP contribution in [-0.4, -0.2) is 36.9 Å². The third kappa shape index (κ3) is 5.16. The normalized spacial score (nSPS) is 13.1. The van der Waals surface area contributed by atoms with Gasteiger partial charge in [0.25, 0.3) is 0 Å². The topological polar surface area (TPSA) is 29.5 Å². The fraction of sp³-hybridized carbons (Fsp3) is 0.423. The summed E-state index contributed by atoms with van der Waals surface area (Å²) in [4.78, 5) is 15.7. The van der Waals surface area contributed by atoms with Crippen molar-refractivity contribution in [1.29, 1.82) is 0 Å². The Balaban J connectivity index is 1.73. The van der Waals surface area contributed by atoms with Crippen molar-refractivity contribution in [3.8, 4) is 5.75 Å². The SMILES string of the molecule is CCCCC1=C(C(=O)c2ccc(OCCN(CC)CC)cc2)c2ccccc2C1. The number of carbonyl (C=O) groups excluding carboxylic acids is 1. The number of ketones is 1. The predicted molar refractivity (Wildman–Crippen MR) is 121 cm³/mol. The molecule has 3 rings (SSSR count). The van der Waals surface area contributed by atoms with Gasteiger partial charge in [0.05, 0.1) is 0 Å². The van der Waals surface area contributed by atoms with Crippen molar-refractivity contribution >= 4 is 11.4 Å². The minimum Gasteiger partial charge on any atom is -0.492 e. The van der Waals surface area contributed by atoms with Gasteiger partial charge in [-0.1, -0.05) is 57.0 Å². The number of benzene rings is 2. The molecule has 0 N–H and O–H groups in total. The molecule has 29 heavy (non-hydrogen) atoms. The first-order valence-electron chi connectivity index (χ1n) is 11.0. The molecular formula is C26H33NO2. The zero-order valence-electron chi connectivity index (χ0n) is 18.0. The van der Waals surface area contributed by atoms with Gasteiger partial charge in [-0.05, 0) is 67.7 Å². The Hall–Kier alpha value is -2.39. The second-order valence-corrected chi connectivity index (χ2v) is 7.64. The summed E-state index contributed by atoms with van der Waals surface area (Å²) in [5, 5.41) is 0. The van der Waals surface area contributed by atoms with Gasteiger partial charge in [-0.25, -0.2) is 0 Å². The van der Waals surface area contributed by atoms with E-state index in [4.69, 9.17) is 4.74 Å². The van der Waals surface area contributed by atoms with Gasteiger partial charge in [-0.3, -0.25) is 4.79 Å². The van der Waals surface area contributed by atoms with Crippen LogP contribution >= 0.6 is 0 Å². The molecule has 0 bridgehead atoms. The number of likely N-dealkylation sites (N-methyl/N-ethyl adjacent to an activating group) is 1. The average molecular weight is 392 g/mol. The maximum atomic E-state index is 13.4. The molecule has 0 atom stereocenters. The molecule has 3 nitrogen and oxygen atoms in total. The number of hydrogen-bond donors (Lipinski definition) is 0. The minimum atomic E-state index is 0.135. The van der Waals surface area contributed by atoms with Gasteiger partial charge >= 0.3 is 0 Å². The first-order valence-corrected chi connectivity index (χ1v) is 11.0. The van der Waals surface area contributed by atoms with Crippen molar-refractivity contribution in [1.82, 2.24) is 4.90 Å². The fourth-order valence-corrected chi connectivity index (χ4v) is 3.99. The Labute approximate surface area is 175 Å². The lowest BCUT2D eigenvalue weighted by molar-refractivity contribution is 0.105. The van der Waals surface area contributed by atoms with Crippen LogP contribution in [0.1, 0.15) is 61.5 Å². The molecule has 0 spiro atoms. The summed E-state index contributed by atoms with van der Waals surface area (Å²) >= 11 is 0. The number of carbonyl (C=O) groups is 1. The van der Waals surface area contributed by atoms with E-state index in [2.05, 4.69) is 43.9 Å². The second-order valence-electron chi connectivity index (χ2n) is 7.64. The fourth-order valence-electron chi connectivity index (χ4n) is 3.99. The molecule has 1 aliphatic carbocycles. The standard InChI is InChI=1S/C26H33NO2/c1-4-7-10-22-19-21-11-8-9-12-24(21)25(22)26(28)20-13-15-23(16-14-20)29-18-17-27(5-2)6-3/h8-9,11-16H,4-7,10,17-19H2,1-3H3. The van der Waals surface area contributed by atoms with Crippen LogP contribution in [0.4, 0.5) is 0 Å². The lowest BCUT2D eigenvalue weighted by Gasteiger charge is -2.18. The highest BCUT2D eigenvalue weighted by atomic mass is 16.5. The Morgan fingerprint density at radius 1 is 1.00 bits per heavy atom. The van der Waals surface area contributed by atoms with E-state index in [0.29, 0.717) is 6.61 Å². The molecule has 0 saturated carbocycles. The molecule has 3 heteroatoms. The van der Waals surface area contributed by atoms with Crippen LogP contribution in [0.2, 0.25) is 0 Å². The summed E-state index contributed by atoms with van der Waals surface area (Å²) in [6, 6.07) is 16.0. The molecular weight excluding hydrogens is 358 g/mol. The van der Waals surface area contributed by atoms with E-state index in [0.717, 1.165) is 67.8 Å². The van der Waals surface area contributed by atoms with E-state index < -0.39 is 0 Å². The number of unbranched alkanes of at least 4 members (excludes halogenated alkanes) is 1. The Bertz CT molecular complexity index is 847. The molecule has 0 aliphatic heterocycles. The van der Waals surface area contributed by atoms with E-state index in [1.54, 1.807) is 0 Å². The Morgan fingerprint density at radius 3 is 2.41 bits per heavy atom. The molecule has 2 aromatic rings. The quantitative estimate of drug-likeness (QED) is 0.454. The number of nitrogens with zero attached hydrogens (tertiary/aromatic N) is 1. The molecule has 0 aromatic heterocycles. The highest BCUT2D eigenvalue weighted by molar-refractivity contribution is 6.30. The number of Topliss-reactive ketones (excluding diaryl/α,β-unsaturated/α-hetero) is 1. The number of hydrogen-bond acceptors (Lipinski definition) is 3. The molecule has 0 fully saturated rings. The summed E-state index contributed by atoms with van der Waals surface area (Å²) in [5.41, 5.74) is 5.34. The van der Waals surface area contributed by atoms with Crippen LogP contribution in [0.25, 0.3) is 5.57 Å². The van der Waals surface area contributed by atoms with Crippen LogP contribution < -0.4 is 4.74 Å². The van der Waals surface area contributed by atoms with Gasteiger partial charge in [0.15, 0.2) is 5.78 Å². The van der Waals surface area contributed by atoms with E-state index in [1.807, 2.05) is 30.3 Å². The van der Waals surface area contributed by atoms with Gasteiger partial charge in [-0.15, -0.1) is 0 Å². The maximum Gasteiger partial charge on any atom is 0.193 e. The molecule has 0 heterocycles. The summed E-state index contributed by atoms with van der Waals surface area (Å²) in [6.45, 7) is 10.2. The van der Waals surface area contributed by atoms with Crippen LogP contribution in [0, 0.1) is 0 Å². The second kappa shape index (κ2) is 10.4. The molecule has 1 aliphatic rings. The molecule has 0 saturated heterocycles. The number of fused-ring (bicyclic) bond motifs is 1. The van der Waals surface area contributed by atoms with Crippen molar-refractivity contribution < 1.29 is 9.53 Å². The van der Waals surface area contributed by atoms with Crippen LogP contribution in [0.5, 0.6) is 5.75 Å². The minimum absolute atomic E-state index is 0.135. The van der Waals surface area contributed by atoms with Crippen molar-refractivity contribution in [3.63, 3.8) is 0 Å². The highest BCUT2D eigenvalue weighted by Gasteiger charge is 2.26. The molecule has 0 unspecified atom stereocenters. The van der Waals surface area contributed by atoms with Crippen LogP contribution in [0.15, 0.2) is 54.1 Å². The largest absolute Gasteiger partial charge is 0.492 e. The lowest BCUT2D eigenvalue weighted by atomic mass is 9.94. The van der Waals surface area contributed by atoms with E-state index in [-0.39, 0.29) is 5.78 Å². The third-order valence-corrected chi connectivity index (χ3v) is 5.79.